The lowest BCUT2D eigenvalue weighted by atomic mass is 10.3. The lowest BCUT2D eigenvalue weighted by Crippen LogP contribution is -2.24. The fourth-order valence-corrected chi connectivity index (χ4v) is 2.48. The minimum absolute atomic E-state index is 0.217. The number of rotatable bonds is 6. The molecule has 1 amide bonds. The summed E-state index contributed by atoms with van der Waals surface area (Å²) < 4.78 is 5.47. The van der Waals surface area contributed by atoms with E-state index in [1.807, 2.05) is 19.1 Å². The SMILES string of the molecule is CCOc1ccccc1NC(=O)[C@H](C)Sc1nnc(C)c(=O)[nH]1. The zero-order chi connectivity index (χ0) is 16.8. The number of benzene rings is 1. The summed E-state index contributed by atoms with van der Waals surface area (Å²) in [5, 5.41) is 10.3. The van der Waals surface area contributed by atoms with E-state index >= 15 is 0 Å². The molecule has 1 aromatic heterocycles. The van der Waals surface area contributed by atoms with Gasteiger partial charge in [-0.2, -0.15) is 0 Å². The summed E-state index contributed by atoms with van der Waals surface area (Å²) in [6.07, 6.45) is 0. The van der Waals surface area contributed by atoms with Gasteiger partial charge < -0.3 is 10.1 Å². The molecule has 0 fully saturated rings. The number of aromatic amines is 1. The van der Waals surface area contributed by atoms with Crippen molar-refractivity contribution in [3.8, 4) is 5.75 Å². The first-order chi connectivity index (χ1) is 11.0. The van der Waals surface area contributed by atoms with Gasteiger partial charge in [0.1, 0.15) is 11.4 Å². The molecule has 8 heteroatoms. The standard InChI is InChI=1S/C15H18N4O3S/c1-4-22-12-8-6-5-7-11(12)16-14(21)10(3)23-15-17-13(20)9(2)18-19-15/h5-8,10H,4H2,1-3H3,(H,16,21)(H,17,19,20)/t10-/m0/s1. The monoisotopic (exact) mass is 334 g/mol. The Bertz CT molecular complexity index is 747. The average molecular weight is 334 g/mol. The van der Waals surface area contributed by atoms with Gasteiger partial charge in [0.15, 0.2) is 5.16 Å². The second kappa shape index (κ2) is 7.77. The van der Waals surface area contributed by atoms with Gasteiger partial charge in [0.25, 0.3) is 5.56 Å². The molecule has 122 valence electrons. The maximum Gasteiger partial charge on any atom is 0.273 e. The second-order valence-electron chi connectivity index (χ2n) is 4.72. The van der Waals surface area contributed by atoms with Gasteiger partial charge >= 0.3 is 0 Å². The number of hydrogen-bond acceptors (Lipinski definition) is 6. The molecule has 0 saturated heterocycles. The third-order valence-electron chi connectivity index (χ3n) is 2.94. The molecule has 0 radical (unpaired) electrons. The van der Waals surface area contributed by atoms with E-state index < -0.39 is 5.25 Å². The Morgan fingerprint density at radius 3 is 2.83 bits per heavy atom. The Labute approximate surface area is 137 Å². The topological polar surface area (TPSA) is 97.0 Å². The number of H-pyrrole nitrogens is 1. The molecular formula is C15H18N4O3S. The zero-order valence-electron chi connectivity index (χ0n) is 13.1. The van der Waals surface area contributed by atoms with Crippen molar-refractivity contribution >= 4 is 23.4 Å². The van der Waals surface area contributed by atoms with Crippen LogP contribution >= 0.6 is 11.8 Å². The number of carbonyl (C=O) groups is 1. The van der Waals surface area contributed by atoms with Gasteiger partial charge in [-0.05, 0) is 32.9 Å². The number of nitrogens with one attached hydrogen (secondary N) is 2. The van der Waals surface area contributed by atoms with Crippen LogP contribution in [-0.2, 0) is 4.79 Å². The van der Waals surface area contributed by atoms with Crippen LogP contribution in [0.3, 0.4) is 0 Å². The maximum absolute atomic E-state index is 12.3. The highest BCUT2D eigenvalue weighted by Gasteiger charge is 2.18. The molecule has 1 heterocycles. The predicted octanol–water partition coefficient (Wildman–Crippen LogP) is 1.99. The number of aryl methyl sites for hydroxylation is 1. The second-order valence-corrected chi connectivity index (χ2v) is 6.05. The van der Waals surface area contributed by atoms with E-state index in [9.17, 15) is 9.59 Å². The number of ether oxygens (including phenoxy) is 1. The lowest BCUT2D eigenvalue weighted by Gasteiger charge is -2.14. The number of carbonyl (C=O) groups excluding carboxylic acids is 1. The van der Waals surface area contributed by atoms with E-state index in [-0.39, 0.29) is 17.2 Å². The summed E-state index contributed by atoms with van der Waals surface area (Å²) in [5.41, 5.74) is 0.587. The Balaban J connectivity index is 2.05. The fraction of sp³-hybridized carbons (Fsp3) is 0.333. The molecule has 2 N–H and O–H groups in total. The number of amides is 1. The fourth-order valence-electron chi connectivity index (χ4n) is 1.74. The van der Waals surface area contributed by atoms with Crippen LogP contribution in [0, 0.1) is 6.92 Å². The molecule has 0 bridgehead atoms. The summed E-state index contributed by atoms with van der Waals surface area (Å²) in [6.45, 7) is 5.69. The van der Waals surface area contributed by atoms with E-state index in [4.69, 9.17) is 4.74 Å². The van der Waals surface area contributed by atoms with E-state index in [2.05, 4.69) is 20.5 Å². The highest BCUT2D eigenvalue weighted by Crippen LogP contribution is 2.25. The van der Waals surface area contributed by atoms with Crippen LogP contribution in [0.15, 0.2) is 34.2 Å². The van der Waals surface area contributed by atoms with Crippen LogP contribution in [0.4, 0.5) is 5.69 Å². The summed E-state index contributed by atoms with van der Waals surface area (Å²) in [7, 11) is 0. The molecule has 0 aliphatic carbocycles. The first-order valence-electron chi connectivity index (χ1n) is 7.14. The summed E-state index contributed by atoms with van der Waals surface area (Å²) in [6, 6.07) is 7.22. The smallest absolute Gasteiger partial charge is 0.273 e. The highest BCUT2D eigenvalue weighted by molar-refractivity contribution is 8.00. The van der Waals surface area contributed by atoms with Crippen molar-refractivity contribution in [1.82, 2.24) is 15.2 Å². The number of para-hydroxylation sites is 2. The molecule has 0 spiro atoms. The molecule has 1 atom stereocenters. The Morgan fingerprint density at radius 2 is 2.13 bits per heavy atom. The largest absolute Gasteiger partial charge is 0.492 e. The van der Waals surface area contributed by atoms with Crippen LogP contribution in [0.5, 0.6) is 5.75 Å². The van der Waals surface area contributed by atoms with Crippen molar-refractivity contribution in [2.75, 3.05) is 11.9 Å². The first-order valence-corrected chi connectivity index (χ1v) is 8.02. The molecule has 2 rings (SSSR count). The van der Waals surface area contributed by atoms with Crippen molar-refractivity contribution in [3.05, 3.63) is 40.3 Å². The molecular weight excluding hydrogens is 316 g/mol. The maximum atomic E-state index is 12.3. The van der Waals surface area contributed by atoms with E-state index in [0.29, 0.717) is 23.2 Å². The van der Waals surface area contributed by atoms with Crippen LogP contribution in [0.2, 0.25) is 0 Å². The number of anilines is 1. The van der Waals surface area contributed by atoms with Gasteiger partial charge in [-0.15, -0.1) is 10.2 Å². The highest BCUT2D eigenvalue weighted by atomic mass is 32.2. The normalized spacial score (nSPS) is 11.8. The van der Waals surface area contributed by atoms with Gasteiger partial charge in [-0.25, -0.2) is 0 Å². The quantitative estimate of drug-likeness (QED) is 0.784. The Hall–Kier alpha value is -2.35. The van der Waals surface area contributed by atoms with Gasteiger partial charge in [0.05, 0.1) is 17.5 Å². The van der Waals surface area contributed by atoms with Crippen molar-refractivity contribution in [3.63, 3.8) is 0 Å². The van der Waals surface area contributed by atoms with Gasteiger partial charge in [0, 0.05) is 0 Å². The van der Waals surface area contributed by atoms with Crippen LogP contribution in [-0.4, -0.2) is 32.9 Å². The Kier molecular flexibility index (Phi) is 5.75. The van der Waals surface area contributed by atoms with E-state index in [1.165, 1.54) is 0 Å². The molecule has 0 saturated carbocycles. The van der Waals surface area contributed by atoms with Crippen molar-refractivity contribution in [2.45, 2.75) is 31.2 Å². The number of nitrogens with zero attached hydrogens (tertiary/aromatic N) is 2. The summed E-state index contributed by atoms with van der Waals surface area (Å²) in [5.74, 6) is 0.398. The Morgan fingerprint density at radius 1 is 1.39 bits per heavy atom. The molecule has 1 aromatic carbocycles. The van der Waals surface area contributed by atoms with E-state index in [0.717, 1.165) is 11.8 Å². The molecule has 2 aromatic rings. The van der Waals surface area contributed by atoms with Gasteiger partial charge in [-0.1, -0.05) is 23.9 Å². The van der Waals surface area contributed by atoms with Crippen molar-refractivity contribution in [2.24, 2.45) is 0 Å². The van der Waals surface area contributed by atoms with Crippen LogP contribution in [0.1, 0.15) is 19.5 Å². The van der Waals surface area contributed by atoms with Gasteiger partial charge in [-0.3, -0.25) is 14.6 Å². The predicted molar refractivity (Wildman–Crippen MR) is 88.9 cm³/mol. The van der Waals surface area contributed by atoms with Crippen molar-refractivity contribution in [1.29, 1.82) is 0 Å². The molecule has 0 unspecified atom stereocenters. The van der Waals surface area contributed by atoms with E-state index in [1.54, 1.807) is 26.0 Å². The molecule has 0 aliphatic heterocycles. The molecule has 23 heavy (non-hydrogen) atoms. The van der Waals surface area contributed by atoms with Crippen LogP contribution in [0.25, 0.3) is 0 Å². The minimum Gasteiger partial charge on any atom is -0.492 e. The lowest BCUT2D eigenvalue weighted by molar-refractivity contribution is -0.115. The number of thioether (sulfide) groups is 1. The summed E-state index contributed by atoms with van der Waals surface area (Å²) >= 11 is 1.13. The number of aromatic nitrogens is 3. The van der Waals surface area contributed by atoms with Crippen LogP contribution < -0.4 is 15.6 Å². The van der Waals surface area contributed by atoms with Gasteiger partial charge in [0.2, 0.25) is 5.91 Å². The third kappa shape index (κ3) is 4.56. The summed E-state index contributed by atoms with van der Waals surface area (Å²) in [4.78, 5) is 26.4. The number of hydrogen-bond donors (Lipinski definition) is 2. The molecule has 0 aliphatic rings. The third-order valence-corrected chi connectivity index (χ3v) is 3.92. The average Bonchev–Trinajstić information content (AvgIpc) is 2.53. The first kappa shape index (κ1) is 17.0. The van der Waals surface area contributed by atoms with Crippen molar-refractivity contribution < 1.29 is 9.53 Å². The molecule has 7 nitrogen and oxygen atoms in total. The zero-order valence-corrected chi connectivity index (χ0v) is 13.9. The minimum atomic E-state index is -0.461.